The van der Waals surface area contributed by atoms with Crippen molar-refractivity contribution < 1.29 is 0 Å². The Hall–Kier alpha value is -2.21. The molecule has 6 nitrogen and oxygen atoms in total. The summed E-state index contributed by atoms with van der Waals surface area (Å²) in [4.78, 5) is 10.1. The van der Waals surface area contributed by atoms with E-state index < -0.39 is 0 Å². The number of benzene rings is 1. The lowest BCUT2D eigenvalue weighted by molar-refractivity contribution is 0.316. The van der Waals surface area contributed by atoms with E-state index in [-0.39, 0.29) is 0 Å². The zero-order valence-electron chi connectivity index (χ0n) is 12.4. The van der Waals surface area contributed by atoms with E-state index in [1.54, 1.807) is 0 Å². The molecule has 0 spiro atoms. The fourth-order valence-corrected chi connectivity index (χ4v) is 2.46. The summed E-state index contributed by atoms with van der Waals surface area (Å²) in [5, 5.41) is 12.7. The Labute approximate surface area is 123 Å². The summed E-state index contributed by atoms with van der Waals surface area (Å²) in [7, 11) is 0. The summed E-state index contributed by atoms with van der Waals surface area (Å²) >= 11 is 0. The monoisotopic (exact) mass is 284 g/mol. The summed E-state index contributed by atoms with van der Waals surface area (Å²) < 4.78 is 0. The molecule has 0 radical (unpaired) electrons. The van der Waals surface area contributed by atoms with Crippen LogP contribution in [0.1, 0.15) is 13.8 Å². The van der Waals surface area contributed by atoms with Crippen LogP contribution in [-0.2, 0) is 0 Å². The highest BCUT2D eigenvalue weighted by Crippen LogP contribution is 2.21. The molecule has 0 amide bonds. The maximum absolute atomic E-state index is 4.50. The fraction of sp³-hybridized carbons (Fsp3) is 0.400. The highest BCUT2D eigenvalue weighted by molar-refractivity contribution is 6.03. The van der Waals surface area contributed by atoms with Crippen LogP contribution in [0, 0.1) is 0 Å². The van der Waals surface area contributed by atoms with E-state index in [1.165, 1.54) is 0 Å². The minimum atomic E-state index is 0.571. The van der Waals surface area contributed by atoms with Crippen molar-refractivity contribution in [3.8, 4) is 0 Å². The third kappa shape index (κ3) is 2.80. The molecule has 0 unspecified atom stereocenters. The van der Waals surface area contributed by atoms with Crippen molar-refractivity contribution in [1.82, 2.24) is 25.1 Å². The second kappa shape index (κ2) is 6.05. The van der Waals surface area contributed by atoms with Crippen molar-refractivity contribution in [2.75, 3.05) is 31.5 Å². The van der Waals surface area contributed by atoms with Crippen LogP contribution >= 0.6 is 0 Å². The Bertz CT molecular complexity index is 731. The number of aromatic nitrogens is 4. The first kappa shape index (κ1) is 13.8. The standard InChI is InChI=1S/C15H20N6/c1-3-21(4-2)10-9-16-15-18-14-13(19-20-15)11-7-5-6-8-12(11)17-14/h5-8H,3-4,9-10H2,1-2H3,(H2,16,17,18,20). The number of nitrogens with zero attached hydrogens (tertiary/aromatic N) is 4. The van der Waals surface area contributed by atoms with Crippen LogP contribution in [0.3, 0.4) is 0 Å². The molecule has 0 aliphatic heterocycles. The Balaban J connectivity index is 1.77. The molecular formula is C15H20N6. The number of H-pyrrole nitrogens is 1. The van der Waals surface area contributed by atoms with Gasteiger partial charge in [-0.05, 0) is 19.2 Å². The van der Waals surface area contributed by atoms with Gasteiger partial charge in [0.15, 0.2) is 5.65 Å². The van der Waals surface area contributed by atoms with Crippen molar-refractivity contribution in [1.29, 1.82) is 0 Å². The van der Waals surface area contributed by atoms with Gasteiger partial charge in [0, 0.05) is 24.0 Å². The van der Waals surface area contributed by atoms with E-state index in [0.29, 0.717) is 5.95 Å². The molecule has 0 atom stereocenters. The quantitative estimate of drug-likeness (QED) is 0.726. The molecule has 110 valence electrons. The number of aromatic amines is 1. The van der Waals surface area contributed by atoms with Gasteiger partial charge in [-0.15, -0.1) is 10.2 Å². The summed E-state index contributed by atoms with van der Waals surface area (Å²) in [6.45, 7) is 8.23. The fourth-order valence-electron chi connectivity index (χ4n) is 2.46. The van der Waals surface area contributed by atoms with Gasteiger partial charge < -0.3 is 15.2 Å². The SMILES string of the molecule is CCN(CC)CCNc1nnc2c(n1)[nH]c1ccccc12. The molecule has 0 aliphatic rings. The van der Waals surface area contributed by atoms with Crippen LogP contribution in [0.4, 0.5) is 5.95 Å². The number of fused-ring (bicyclic) bond motifs is 3. The summed E-state index contributed by atoms with van der Waals surface area (Å²) in [5.74, 6) is 0.571. The predicted molar refractivity (Wildman–Crippen MR) is 85.5 cm³/mol. The molecular weight excluding hydrogens is 264 g/mol. The second-order valence-corrected chi connectivity index (χ2v) is 4.96. The van der Waals surface area contributed by atoms with Crippen LogP contribution in [0.2, 0.25) is 0 Å². The molecule has 0 aliphatic carbocycles. The molecule has 0 bridgehead atoms. The van der Waals surface area contributed by atoms with Crippen LogP contribution in [0.5, 0.6) is 0 Å². The Morgan fingerprint density at radius 3 is 2.76 bits per heavy atom. The molecule has 0 saturated heterocycles. The summed E-state index contributed by atoms with van der Waals surface area (Å²) in [5.41, 5.74) is 2.63. The van der Waals surface area contributed by atoms with Crippen LogP contribution in [0.25, 0.3) is 22.1 Å². The Kier molecular flexibility index (Phi) is 3.96. The van der Waals surface area contributed by atoms with Gasteiger partial charge in [0.25, 0.3) is 0 Å². The maximum atomic E-state index is 4.50. The highest BCUT2D eigenvalue weighted by atomic mass is 15.3. The highest BCUT2D eigenvalue weighted by Gasteiger charge is 2.08. The minimum absolute atomic E-state index is 0.571. The van der Waals surface area contributed by atoms with Crippen molar-refractivity contribution in [3.05, 3.63) is 24.3 Å². The average molecular weight is 284 g/mol. The van der Waals surface area contributed by atoms with Gasteiger partial charge in [0.05, 0.1) is 0 Å². The molecule has 0 fully saturated rings. The smallest absolute Gasteiger partial charge is 0.244 e. The van der Waals surface area contributed by atoms with Crippen LogP contribution < -0.4 is 5.32 Å². The lowest BCUT2D eigenvalue weighted by atomic mass is 10.2. The molecule has 2 aromatic heterocycles. The van der Waals surface area contributed by atoms with E-state index >= 15 is 0 Å². The predicted octanol–water partition coefficient (Wildman–Crippen LogP) is 2.26. The Morgan fingerprint density at radius 2 is 1.95 bits per heavy atom. The molecule has 6 heteroatoms. The van der Waals surface area contributed by atoms with Crippen molar-refractivity contribution >= 4 is 28.0 Å². The Morgan fingerprint density at radius 1 is 1.14 bits per heavy atom. The van der Waals surface area contributed by atoms with Gasteiger partial charge in [0.2, 0.25) is 5.95 Å². The van der Waals surface area contributed by atoms with Crippen molar-refractivity contribution in [2.24, 2.45) is 0 Å². The first-order valence-electron chi connectivity index (χ1n) is 7.39. The van der Waals surface area contributed by atoms with Gasteiger partial charge in [-0.1, -0.05) is 32.0 Å². The zero-order valence-corrected chi connectivity index (χ0v) is 12.4. The van der Waals surface area contributed by atoms with Crippen LogP contribution in [-0.4, -0.2) is 51.2 Å². The molecule has 21 heavy (non-hydrogen) atoms. The molecule has 0 saturated carbocycles. The number of nitrogens with one attached hydrogen (secondary N) is 2. The van der Waals surface area contributed by atoms with Gasteiger partial charge >= 0.3 is 0 Å². The number of anilines is 1. The molecule has 2 N–H and O–H groups in total. The van der Waals surface area contributed by atoms with E-state index in [2.05, 4.69) is 44.2 Å². The van der Waals surface area contributed by atoms with Gasteiger partial charge in [-0.2, -0.15) is 4.98 Å². The van der Waals surface area contributed by atoms with Crippen molar-refractivity contribution in [2.45, 2.75) is 13.8 Å². The molecule has 2 heterocycles. The summed E-state index contributed by atoms with van der Waals surface area (Å²) in [6, 6.07) is 8.03. The number of rotatable bonds is 6. The lowest BCUT2D eigenvalue weighted by Gasteiger charge is -2.17. The lowest BCUT2D eigenvalue weighted by Crippen LogP contribution is -2.29. The number of hydrogen-bond donors (Lipinski definition) is 2. The first-order valence-corrected chi connectivity index (χ1v) is 7.39. The van der Waals surface area contributed by atoms with E-state index in [4.69, 9.17) is 0 Å². The first-order chi connectivity index (χ1) is 10.3. The molecule has 3 aromatic rings. The number of likely N-dealkylation sites (N-methyl/N-ethyl adjacent to an activating group) is 1. The average Bonchev–Trinajstić information content (AvgIpc) is 2.89. The van der Waals surface area contributed by atoms with Gasteiger partial charge in [-0.3, -0.25) is 0 Å². The topological polar surface area (TPSA) is 69.7 Å². The van der Waals surface area contributed by atoms with Gasteiger partial charge in [0.1, 0.15) is 5.52 Å². The molecule has 1 aromatic carbocycles. The van der Waals surface area contributed by atoms with Crippen LogP contribution in [0.15, 0.2) is 24.3 Å². The maximum Gasteiger partial charge on any atom is 0.244 e. The summed E-state index contributed by atoms with van der Waals surface area (Å²) in [6.07, 6.45) is 0. The normalized spacial score (nSPS) is 11.6. The number of hydrogen-bond acceptors (Lipinski definition) is 5. The second-order valence-electron chi connectivity index (χ2n) is 4.96. The zero-order chi connectivity index (χ0) is 14.7. The number of para-hydroxylation sites is 1. The third-order valence-electron chi connectivity index (χ3n) is 3.73. The van der Waals surface area contributed by atoms with Crippen molar-refractivity contribution in [3.63, 3.8) is 0 Å². The largest absolute Gasteiger partial charge is 0.352 e. The van der Waals surface area contributed by atoms with E-state index in [0.717, 1.165) is 48.2 Å². The molecule has 3 rings (SSSR count). The van der Waals surface area contributed by atoms with Gasteiger partial charge in [-0.25, -0.2) is 0 Å². The minimum Gasteiger partial charge on any atom is -0.352 e. The van der Waals surface area contributed by atoms with E-state index in [9.17, 15) is 0 Å². The third-order valence-corrected chi connectivity index (χ3v) is 3.73. The van der Waals surface area contributed by atoms with E-state index in [1.807, 2.05) is 24.3 Å².